The van der Waals surface area contributed by atoms with Crippen molar-refractivity contribution in [3.05, 3.63) is 18.0 Å². The number of hydrogen-bond acceptors (Lipinski definition) is 4. The highest BCUT2D eigenvalue weighted by molar-refractivity contribution is 7.89. The smallest absolute Gasteiger partial charge is 0.244 e. The molecule has 108 valence electrons. The lowest BCUT2D eigenvalue weighted by molar-refractivity contribution is 0.0572. The van der Waals surface area contributed by atoms with E-state index in [1.54, 1.807) is 19.4 Å². The molecule has 0 aromatic carbocycles. The summed E-state index contributed by atoms with van der Waals surface area (Å²) in [5, 5.41) is 2.98. The number of nitrogens with zero attached hydrogens (tertiary/aromatic N) is 1. The van der Waals surface area contributed by atoms with Crippen LogP contribution >= 0.6 is 0 Å². The van der Waals surface area contributed by atoms with E-state index in [1.165, 1.54) is 4.31 Å². The van der Waals surface area contributed by atoms with E-state index in [4.69, 9.17) is 4.74 Å². The van der Waals surface area contributed by atoms with Crippen LogP contribution in [0.4, 0.5) is 0 Å². The Hall–Kier alpha value is -0.890. The Morgan fingerprint density at radius 1 is 1.58 bits per heavy atom. The summed E-state index contributed by atoms with van der Waals surface area (Å²) in [5.74, 6) is 0. The van der Waals surface area contributed by atoms with E-state index in [1.807, 2.05) is 7.05 Å². The monoisotopic (exact) mass is 287 g/mol. The van der Waals surface area contributed by atoms with Gasteiger partial charge in [0, 0.05) is 38.6 Å². The Labute approximate surface area is 114 Å². The number of ether oxygens (including phenoxy) is 1. The normalized spacial score (nSPS) is 21.7. The summed E-state index contributed by atoms with van der Waals surface area (Å²) < 4.78 is 31.8. The Balaban J connectivity index is 2.16. The third-order valence-electron chi connectivity index (χ3n) is 3.40. The first kappa shape index (κ1) is 14.5. The molecule has 7 heteroatoms. The second-order valence-electron chi connectivity index (χ2n) is 4.75. The number of sulfonamides is 1. The summed E-state index contributed by atoms with van der Waals surface area (Å²) in [5.41, 5.74) is 0.862. The number of hydrogen-bond donors (Lipinski definition) is 2. The summed E-state index contributed by atoms with van der Waals surface area (Å²) in [7, 11) is 0.0411. The number of aromatic nitrogens is 1. The maximum Gasteiger partial charge on any atom is 0.244 e. The molecule has 6 nitrogen and oxygen atoms in total. The van der Waals surface area contributed by atoms with Crippen LogP contribution in [0.2, 0.25) is 0 Å². The lowest BCUT2D eigenvalue weighted by Gasteiger charge is -2.30. The topological polar surface area (TPSA) is 74.4 Å². The van der Waals surface area contributed by atoms with Crippen LogP contribution in [0.5, 0.6) is 0 Å². The van der Waals surface area contributed by atoms with Gasteiger partial charge in [-0.05, 0) is 26.0 Å². The van der Waals surface area contributed by atoms with Gasteiger partial charge in [0.25, 0.3) is 0 Å². The molecule has 2 rings (SSSR count). The Bertz CT molecular complexity index is 512. The summed E-state index contributed by atoms with van der Waals surface area (Å²) in [6.45, 7) is 1.62. The minimum atomic E-state index is -3.41. The largest absolute Gasteiger partial charge is 0.380 e. The van der Waals surface area contributed by atoms with E-state index in [0.717, 1.165) is 18.5 Å². The molecule has 0 spiro atoms. The number of nitrogens with one attached hydrogen (secondary N) is 2. The third-order valence-corrected chi connectivity index (χ3v) is 5.24. The van der Waals surface area contributed by atoms with Gasteiger partial charge in [-0.15, -0.1) is 0 Å². The molecule has 1 aliphatic rings. The van der Waals surface area contributed by atoms with Gasteiger partial charge < -0.3 is 15.0 Å². The fourth-order valence-corrected chi connectivity index (χ4v) is 3.85. The minimum absolute atomic E-state index is 0.000698. The van der Waals surface area contributed by atoms with E-state index >= 15 is 0 Å². The summed E-state index contributed by atoms with van der Waals surface area (Å²) in [4.78, 5) is 3.31. The van der Waals surface area contributed by atoms with Crippen molar-refractivity contribution >= 4 is 10.0 Å². The zero-order chi connectivity index (χ0) is 13.9. The van der Waals surface area contributed by atoms with Crippen LogP contribution in [0.3, 0.4) is 0 Å². The molecule has 0 bridgehead atoms. The van der Waals surface area contributed by atoms with Crippen molar-refractivity contribution in [1.29, 1.82) is 0 Å². The van der Waals surface area contributed by atoms with Crippen LogP contribution in [-0.2, 0) is 21.3 Å². The second-order valence-corrected chi connectivity index (χ2v) is 6.69. The van der Waals surface area contributed by atoms with Crippen LogP contribution in [-0.4, -0.2) is 51.1 Å². The molecule has 2 heterocycles. The highest BCUT2D eigenvalue weighted by atomic mass is 32.2. The van der Waals surface area contributed by atoms with Gasteiger partial charge in [0.1, 0.15) is 0 Å². The van der Waals surface area contributed by atoms with Crippen LogP contribution in [0.15, 0.2) is 17.2 Å². The quantitative estimate of drug-likeness (QED) is 0.828. The predicted molar refractivity (Wildman–Crippen MR) is 72.3 cm³/mol. The molecule has 1 aromatic rings. The van der Waals surface area contributed by atoms with Crippen molar-refractivity contribution in [3.63, 3.8) is 0 Å². The molecule has 1 unspecified atom stereocenters. The fourth-order valence-electron chi connectivity index (χ4n) is 2.33. The lowest BCUT2D eigenvalue weighted by Crippen LogP contribution is -2.42. The third kappa shape index (κ3) is 3.17. The number of rotatable bonds is 5. The van der Waals surface area contributed by atoms with Gasteiger partial charge in [-0.2, -0.15) is 4.31 Å². The van der Waals surface area contributed by atoms with E-state index in [-0.39, 0.29) is 6.10 Å². The van der Waals surface area contributed by atoms with Gasteiger partial charge in [0.15, 0.2) is 0 Å². The lowest BCUT2D eigenvalue weighted by atomic mass is 10.1. The van der Waals surface area contributed by atoms with Crippen molar-refractivity contribution in [2.24, 2.45) is 0 Å². The molecule has 0 saturated carbocycles. The molecule has 0 radical (unpaired) electrons. The molecule has 1 fully saturated rings. The van der Waals surface area contributed by atoms with Crippen LogP contribution in [0.1, 0.15) is 18.5 Å². The van der Waals surface area contributed by atoms with Crippen LogP contribution in [0, 0.1) is 0 Å². The average molecular weight is 287 g/mol. The van der Waals surface area contributed by atoms with Crippen molar-refractivity contribution < 1.29 is 13.2 Å². The first-order valence-corrected chi connectivity index (χ1v) is 7.86. The molecule has 0 aliphatic carbocycles. The summed E-state index contributed by atoms with van der Waals surface area (Å²) >= 11 is 0. The average Bonchev–Trinajstić information content (AvgIpc) is 2.88. The van der Waals surface area contributed by atoms with Gasteiger partial charge in [0.2, 0.25) is 10.0 Å². The Kier molecular flexibility index (Phi) is 4.62. The molecular formula is C12H21N3O3S. The zero-order valence-electron chi connectivity index (χ0n) is 11.3. The van der Waals surface area contributed by atoms with Crippen LogP contribution < -0.4 is 5.32 Å². The highest BCUT2D eigenvalue weighted by Gasteiger charge is 2.30. The van der Waals surface area contributed by atoms with Gasteiger partial charge >= 0.3 is 0 Å². The number of H-pyrrole nitrogens is 1. The molecule has 19 heavy (non-hydrogen) atoms. The molecule has 1 atom stereocenters. The Morgan fingerprint density at radius 3 is 3.05 bits per heavy atom. The van der Waals surface area contributed by atoms with E-state index in [0.29, 0.717) is 24.5 Å². The standard InChI is InChI=1S/C12H21N3O3S/c1-13-7-10-6-12(8-14-10)19(16,17)15-5-3-4-11(9-15)18-2/h6,8,11,13-14H,3-5,7,9H2,1-2H3. The van der Waals surface area contributed by atoms with Crippen molar-refractivity contribution in [2.75, 3.05) is 27.2 Å². The van der Waals surface area contributed by atoms with Crippen molar-refractivity contribution in [1.82, 2.24) is 14.6 Å². The second kappa shape index (κ2) is 6.04. The number of aromatic amines is 1. The molecule has 1 aromatic heterocycles. The maximum atomic E-state index is 12.5. The van der Waals surface area contributed by atoms with Crippen molar-refractivity contribution in [2.45, 2.75) is 30.4 Å². The molecule has 0 amide bonds. The van der Waals surface area contributed by atoms with E-state index in [2.05, 4.69) is 10.3 Å². The van der Waals surface area contributed by atoms with Gasteiger partial charge in [0.05, 0.1) is 11.0 Å². The predicted octanol–water partition coefficient (Wildman–Crippen LogP) is 0.534. The molecule has 1 aliphatic heterocycles. The van der Waals surface area contributed by atoms with E-state index in [9.17, 15) is 8.42 Å². The maximum absolute atomic E-state index is 12.5. The van der Waals surface area contributed by atoms with E-state index < -0.39 is 10.0 Å². The number of piperidine rings is 1. The van der Waals surface area contributed by atoms with Gasteiger partial charge in [-0.3, -0.25) is 0 Å². The summed E-state index contributed by atoms with van der Waals surface area (Å²) in [6, 6.07) is 1.68. The highest BCUT2D eigenvalue weighted by Crippen LogP contribution is 2.22. The SMILES string of the molecule is CNCc1cc(S(=O)(=O)N2CCCC(OC)C2)c[nH]1. The first-order chi connectivity index (χ1) is 9.07. The zero-order valence-corrected chi connectivity index (χ0v) is 12.2. The van der Waals surface area contributed by atoms with Crippen molar-refractivity contribution in [3.8, 4) is 0 Å². The summed E-state index contributed by atoms with van der Waals surface area (Å²) in [6.07, 6.45) is 3.31. The van der Waals surface area contributed by atoms with Gasteiger partial charge in [-0.1, -0.05) is 0 Å². The van der Waals surface area contributed by atoms with Gasteiger partial charge in [-0.25, -0.2) is 8.42 Å². The molecule has 2 N–H and O–H groups in total. The number of methoxy groups -OCH3 is 1. The first-order valence-electron chi connectivity index (χ1n) is 6.42. The minimum Gasteiger partial charge on any atom is -0.380 e. The molecular weight excluding hydrogens is 266 g/mol. The Morgan fingerprint density at radius 2 is 2.37 bits per heavy atom. The molecule has 1 saturated heterocycles. The van der Waals surface area contributed by atoms with Crippen LogP contribution in [0.25, 0.3) is 0 Å². The fraction of sp³-hybridized carbons (Fsp3) is 0.667.